The van der Waals surface area contributed by atoms with Crippen molar-refractivity contribution in [2.24, 2.45) is 0 Å². The van der Waals surface area contributed by atoms with Crippen LogP contribution >= 0.6 is 0 Å². The molecule has 1 aliphatic carbocycles. The topological polar surface area (TPSA) is 0 Å². The summed E-state index contributed by atoms with van der Waals surface area (Å²) in [5, 5.41) is 0. The summed E-state index contributed by atoms with van der Waals surface area (Å²) in [6.07, 6.45) is 2.47. The van der Waals surface area contributed by atoms with Crippen LogP contribution in [0.3, 0.4) is 0 Å². The number of hydrogen-bond donors (Lipinski definition) is 0. The molecule has 2 rings (SSSR count). The minimum atomic E-state index is -0.344. The summed E-state index contributed by atoms with van der Waals surface area (Å²) < 4.78 is 12.4. The highest BCUT2D eigenvalue weighted by molar-refractivity contribution is 5.32. The molecule has 1 heteroatoms. The van der Waals surface area contributed by atoms with Crippen LogP contribution in [0, 0.1) is 6.07 Å². The predicted molar refractivity (Wildman–Crippen MR) is 42.1 cm³/mol. The van der Waals surface area contributed by atoms with Crippen LogP contribution in [0.1, 0.15) is 29.9 Å². The van der Waals surface area contributed by atoms with Crippen LogP contribution in [-0.2, 0) is 6.67 Å². The molecule has 0 nitrogen and oxygen atoms in total. The van der Waals surface area contributed by atoms with Crippen molar-refractivity contribution in [2.45, 2.75) is 25.4 Å². The first-order valence-electron chi connectivity index (χ1n) is 3.96. The zero-order valence-electron chi connectivity index (χ0n) is 6.31. The molecule has 1 radical (unpaired) electrons. The molecule has 0 atom stereocenters. The van der Waals surface area contributed by atoms with Gasteiger partial charge in [0.2, 0.25) is 0 Å². The zero-order valence-corrected chi connectivity index (χ0v) is 6.31. The molecule has 0 heterocycles. The van der Waals surface area contributed by atoms with Crippen LogP contribution in [0.4, 0.5) is 4.39 Å². The number of alkyl halides is 1. The molecule has 0 aromatic heterocycles. The zero-order chi connectivity index (χ0) is 7.68. The molecule has 1 aliphatic rings. The second kappa shape index (κ2) is 2.65. The van der Waals surface area contributed by atoms with Crippen molar-refractivity contribution < 1.29 is 4.39 Å². The van der Waals surface area contributed by atoms with Crippen molar-refractivity contribution in [3.63, 3.8) is 0 Å². The van der Waals surface area contributed by atoms with Crippen LogP contribution in [0.2, 0.25) is 0 Å². The average molecular weight is 149 g/mol. The third kappa shape index (κ3) is 1.28. The highest BCUT2D eigenvalue weighted by Gasteiger charge is 2.25. The van der Waals surface area contributed by atoms with Crippen molar-refractivity contribution in [3.8, 4) is 0 Å². The van der Waals surface area contributed by atoms with E-state index in [1.165, 1.54) is 18.4 Å². The average Bonchev–Trinajstić information content (AvgIpc) is 2.87. The van der Waals surface area contributed by atoms with Gasteiger partial charge in [0.25, 0.3) is 0 Å². The first kappa shape index (κ1) is 6.84. The fraction of sp³-hybridized carbons (Fsp3) is 0.400. The number of rotatable bonds is 2. The van der Waals surface area contributed by atoms with Gasteiger partial charge in [0, 0.05) is 0 Å². The summed E-state index contributed by atoms with van der Waals surface area (Å²) in [5.74, 6) is 0.648. The van der Waals surface area contributed by atoms with Gasteiger partial charge in [-0.1, -0.05) is 12.1 Å². The molecule has 1 aromatic carbocycles. The van der Waals surface area contributed by atoms with Gasteiger partial charge in [0.05, 0.1) is 0 Å². The summed E-state index contributed by atoms with van der Waals surface area (Å²) >= 11 is 0. The van der Waals surface area contributed by atoms with Crippen molar-refractivity contribution >= 4 is 0 Å². The van der Waals surface area contributed by atoms with Crippen LogP contribution in [0.25, 0.3) is 0 Å². The highest BCUT2D eigenvalue weighted by atomic mass is 19.1. The van der Waals surface area contributed by atoms with Crippen LogP contribution in [-0.4, -0.2) is 0 Å². The lowest BCUT2D eigenvalue weighted by atomic mass is 10.0. The van der Waals surface area contributed by atoms with E-state index >= 15 is 0 Å². The molecule has 0 bridgehead atoms. The first-order chi connectivity index (χ1) is 5.42. The Morgan fingerprint density at radius 2 is 2.36 bits per heavy atom. The molecule has 0 N–H and O–H groups in total. The quantitative estimate of drug-likeness (QED) is 0.606. The van der Waals surface area contributed by atoms with E-state index in [0.29, 0.717) is 5.92 Å². The second-order valence-corrected chi connectivity index (χ2v) is 3.03. The van der Waals surface area contributed by atoms with E-state index in [-0.39, 0.29) is 6.67 Å². The van der Waals surface area contributed by atoms with E-state index in [0.717, 1.165) is 5.56 Å². The molecular formula is C10H10F. The maximum absolute atomic E-state index is 12.4. The normalized spacial score (nSPS) is 16.8. The molecule has 1 fully saturated rings. The Kier molecular flexibility index (Phi) is 1.65. The second-order valence-electron chi connectivity index (χ2n) is 3.03. The lowest BCUT2D eigenvalue weighted by Crippen LogP contribution is -1.87. The van der Waals surface area contributed by atoms with E-state index in [4.69, 9.17) is 0 Å². The SMILES string of the molecule is FCc1c[c]ccc1C1CC1. The van der Waals surface area contributed by atoms with Crippen molar-refractivity contribution in [3.05, 3.63) is 35.4 Å². The largest absolute Gasteiger partial charge is 0.246 e. The Hall–Kier alpha value is -0.850. The number of hydrogen-bond acceptors (Lipinski definition) is 0. The molecule has 57 valence electrons. The number of halogens is 1. The van der Waals surface area contributed by atoms with Crippen molar-refractivity contribution in [1.82, 2.24) is 0 Å². The summed E-state index contributed by atoms with van der Waals surface area (Å²) in [5.41, 5.74) is 2.03. The fourth-order valence-corrected chi connectivity index (χ4v) is 1.39. The lowest BCUT2D eigenvalue weighted by molar-refractivity contribution is 0.482. The molecule has 0 saturated heterocycles. The molecule has 0 aliphatic heterocycles. The Bertz CT molecular complexity index is 251. The Morgan fingerprint density at radius 1 is 1.55 bits per heavy atom. The third-order valence-corrected chi connectivity index (χ3v) is 2.15. The van der Waals surface area contributed by atoms with Gasteiger partial charge in [0.1, 0.15) is 6.67 Å². The van der Waals surface area contributed by atoms with Gasteiger partial charge in [-0.2, -0.15) is 0 Å². The summed E-state index contributed by atoms with van der Waals surface area (Å²) in [4.78, 5) is 0. The maximum atomic E-state index is 12.4. The monoisotopic (exact) mass is 149 g/mol. The van der Waals surface area contributed by atoms with Gasteiger partial charge < -0.3 is 0 Å². The highest BCUT2D eigenvalue weighted by Crippen LogP contribution is 2.41. The minimum absolute atomic E-state index is 0.344. The molecular weight excluding hydrogens is 139 g/mol. The Balaban J connectivity index is 2.34. The van der Waals surface area contributed by atoms with Crippen LogP contribution < -0.4 is 0 Å². The summed E-state index contributed by atoms with van der Waals surface area (Å²) in [6.45, 7) is -0.344. The summed E-state index contributed by atoms with van der Waals surface area (Å²) in [6, 6.07) is 8.51. The minimum Gasteiger partial charge on any atom is -0.246 e. The van der Waals surface area contributed by atoms with E-state index in [9.17, 15) is 4.39 Å². The van der Waals surface area contributed by atoms with Gasteiger partial charge in [-0.15, -0.1) is 0 Å². The van der Waals surface area contributed by atoms with E-state index < -0.39 is 0 Å². The molecule has 1 aromatic rings. The van der Waals surface area contributed by atoms with Gasteiger partial charge >= 0.3 is 0 Å². The Labute approximate surface area is 66.1 Å². The van der Waals surface area contributed by atoms with Crippen molar-refractivity contribution in [2.75, 3.05) is 0 Å². The number of benzene rings is 1. The molecule has 0 amide bonds. The molecule has 0 spiro atoms. The van der Waals surface area contributed by atoms with Crippen molar-refractivity contribution in [1.29, 1.82) is 0 Å². The van der Waals surface area contributed by atoms with Gasteiger partial charge in [-0.05, 0) is 42.0 Å². The van der Waals surface area contributed by atoms with Gasteiger partial charge in [-0.3, -0.25) is 0 Å². The first-order valence-corrected chi connectivity index (χ1v) is 3.96. The Morgan fingerprint density at radius 3 is 3.00 bits per heavy atom. The third-order valence-electron chi connectivity index (χ3n) is 2.15. The molecule has 11 heavy (non-hydrogen) atoms. The smallest absolute Gasteiger partial charge is 0.115 e. The fourth-order valence-electron chi connectivity index (χ4n) is 1.39. The summed E-state index contributed by atoms with van der Waals surface area (Å²) in [7, 11) is 0. The molecule has 1 saturated carbocycles. The van der Waals surface area contributed by atoms with E-state index in [1.54, 1.807) is 6.07 Å². The predicted octanol–water partition coefficient (Wildman–Crippen LogP) is 2.83. The van der Waals surface area contributed by atoms with Crippen LogP contribution in [0.5, 0.6) is 0 Å². The van der Waals surface area contributed by atoms with E-state index in [1.807, 2.05) is 12.1 Å². The maximum Gasteiger partial charge on any atom is 0.115 e. The van der Waals surface area contributed by atoms with Crippen LogP contribution in [0.15, 0.2) is 18.2 Å². The van der Waals surface area contributed by atoms with Gasteiger partial charge in [0.15, 0.2) is 0 Å². The van der Waals surface area contributed by atoms with Gasteiger partial charge in [-0.25, -0.2) is 4.39 Å². The molecule has 0 unspecified atom stereocenters. The van der Waals surface area contributed by atoms with E-state index in [2.05, 4.69) is 6.07 Å². The lowest BCUT2D eigenvalue weighted by Gasteiger charge is -2.02. The standard InChI is InChI=1S/C10H10F/c11-7-9-3-1-2-4-10(9)8-5-6-8/h2-4,8H,5-7H2.